The van der Waals surface area contributed by atoms with Crippen molar-refractivity contribution >= 4 is 11.8 Å². The van der Waals surface area contributed by atoms with E-state index in [1.54, 1.807) is 0 Å². The molecule has 0 aliphatic carbocycles. The molecule has 1 N–H and O–H groups in total. The van der Waals surface area contributed by atoms with E-state index in [0.717, 1.165) is 11.3 Å². The summed E-state index contributed by atoms with van der Waals surface area (Å²) in [5, 5.41) is 8.78. The van der Waals surface area contributed by atoms with Crippen molar-refractivity contribution in [1.29, 1.82) is 0 Å². The quantitative estimate of drug-likeness (QED) is 0.677. The number of aliphatic hydroxyl groups is 1. The fourth-order valence-electron chi connectivity index (χ4n) is 1.78. The summed E-state index contributed by atoms with van der Waals surface area (Å²) in [5.41, 5.74) is 3.50. The zero-order valence-electron chi connectivity index (χ0n) is 10.9. The zero-order valence-corrected chi connectivity index (χ0v) is 11.7. The first-order chi connectivity index (χ1) is 9.31. The van der Waals surface area contributed by atoms with Crippen LogP contribution < -0.4 is 0 Å². The molecule has 0 heterocycles. The summed E-state index contributed by atoms with van der Waals surface area (Å²) in [4.78, 5) is 1.30. The smallest absolute Gasteiger partial charge is 0.104 e. The van der Waals surface area contributed by atoms with E-state index in [-0.39, 0.29) is 6.61 Å². The fraction of sp³-hybridized carbons (Fsp3) is 0.176. The van der Waals surface area contributed by atoms with Crippen molar-refractivity contribution in [2.75, 3.05) is 6.61 Å². The van der Waals surface area contributed by atoms with Gasteiger partial charge in [-0.05, 0) is 30.2 Å². The Hall–Kier alpha value is -1.69. The van der Waals surface area contributed by atoms with Gasteiger partial charge in [0.2, 0.25) is 0 Å². The molecule has 0 fully saturated rings. The largest absolute Gasteiger partial charge is 0.384 e. The number of thioether (sulfide) groups is 1. The summed E-state index contributed by atoms with van der Waals surface area (Å²) in [6.07, 6.45) is 0. The summed E-state index contributed by atoms with van der Waals surface area (Å²) in [7, 11) is 0. The molecule has 0 spiro atoms. The Labute approximate surface area is 118 Å². The van der Waals surface area contributed by atoms with Crippen LogP contribution in [0.25, 0.3) is 0 Å². The minimum absolute atomic E-state index is 0.0979. The van der Waals surface area contributed by atoms with Gasteiger partial charge >= 0.3 is 0 Å². The maximum absolute atomic E-state index is 8.78. The van der Waals surface area contributed by atoms with Crippen molar-refractivity contribution in [3.05, 3.63) is 65.2 Å². The zero-order chi connectivity index (χ0) is 13.5. The molecule has 2 aromatic carbocycles. The van der Waals surface area contributed by atoms with E-state index >= 15 is 0 Å². The molecule has 0 unspecified atom stereocenters. The Bertz CT molecular complexity index is 608. The van der Waals surface area contributed by atoms with Crippen LogP contribution in [0.4, 0.5) is 0 Å². The van der Waals surface area contributed by atoms with Crippen LogP contribution in [0.1, 0.15) is 16.7 Å². The maximum Gasteiger partial charge on any atom is 0.104 e. The van der Waals surface area contributed by atoms with Crippen molar-refractivity contribution in [3.8, 4) is 11.8 Å². The molecule has 2 heteroatoms. The summed E-state index contributed by atoms with van der Waals surface area (Å²) in [6, 6.07) is 16.5. The fourth-order valence-corrected chi connectivity index (χ4v) is 2.81. The van der Waals surface area contributed by atoms with Crippen LogP contribution in [0.2, 0.25) is 0 Å². The molecular formula is C17H16OS. The number of hydrogen-bond acceptors (Lipinski definition) is 2. The molecule has 1 nitrogen and oxygen atoms in total. The standard InChI is InChI=1S/C17H16OS/c1-14-7-2-5-11-17(14)19-13-16-9-4-3-8-15(16)10-6-12-18/h2-5,7-9,11,18H,12-13H2,1H3. The molecule has 96 valence electrons. The third-order valence-electron chi connectivity index (χ3n) is 2.80. The second kappa shape index (κ2) is 7.04. The highest BCUT2D eigenvalue weighted by atomic mass is 32.2. The SMILES string of the molecule is Cc1ccccc1SCc1ccccc1C#CCO. The molecule has 0 saturated carbocycles. The summed E-state index contributed by atoms with van der Waals surface area (Å²) in [6.45, 7) is 2.03. The van der Waals surface area contributed by atoms with Crippen molar-refractivity contribution in [2.45, 2.75) is 17.6 Å². The molecule has 19 heavy (non-hydrogen) atoms. The number of benzene rings is 2. The average Bonchev–Trinajstić information content (AvgIpc) is 2.45. The predicted molar refractivity (Wildman–Crippen MR) is 81.1 cm³/mol. The lowest BCUT2D eigenvalue weighted by Crippen LogP contribution is -1.88. The summed E-state index contributed by atoms with van der Waals surface area (Å²) in [5.74, 6) is 6.60. The second-order valence-corrected chi connectivity index (χ2v) is 5.19. The first-order valence-corrected chi connectivity index (χ1v) is 7.16. The Kier molecular flexibility index (Phi) is 5.09. The highest BCUT2D eigenvalue weighted by Gasteiger charge is 2.02. The van der Waals surface area contributed by atoms with Gasteiger partial charge in [0.1, 0.15) is 6.61 Å². The number of aryl methyl sites for hydroxylation is 1. The van der Waals surface area contributed by atoms with Crippen molar-refractivity contribution in [2.24, 2.45) is 0 Å². The Morgan fingerprint density at radius 3 is 2.58 bits per heavy atom. The van der Waals surface area contributed by atoms with Crippen LogP contribution in [-0.2, 0) is 5.75 Å². The van der Waals surface area contributed by atoms with Crippen LogP contribution in [0.3, 0.4) is 0 Å². The molecular weight excluding hydrogens is 252 g/mol. The minimum atomic E-state index is -0.0979. The van der Waals surface area contributed by atoms with Crippen molar-refractivity contribution < 1.29 is 5.11 Å². The van der Waals surface area contributed by atoms with Gasteiger partial charge < -0.3 is 5.11 Å². The Morgan fingerprint density at radius 2 is 1.79 bits per heavy atom. The van der Waals surface area contributed by atoms with Crippen LogP contribution in [0.5, 0.6) is 0 Å². The van der Waals surface area contributed by atoms with Gasteiger partial charge in [0.15, 0.2) is 0 Å². The van der Waals surface area contributed by atoms with E-state index in [9.17, 15) is 0 Å². The van der Waals surface area contributed by atoms with E-state index < -0.39 is 0 Å². The Balaban J connectivity index is 2.14. The van der Waals surface area contributed by atoms with E-state index in [4.69, 9.17) is 5.11 Å². The maximum atomic E-state index is 8.78. The summed E-state index contributed by atoms with van der Waals surface area (Å²) < 4.78 is 0. The first kappa shape index (κ1) is 13.7. The normalized spacial score (nSPS) is 9.79. The molecule has 2 aromatic rings. The molecule has 0 amide bonds. The van der Waals surface area contributed by atoms with E-state index in [1.807, 2.05) is 30.0 Å². The second-order valence-electron chi connectivity index (χ2n) is 4.17. The minimum Gasteiger partial charge on any atom is -0.384 e. The topological polar surface area (TPSA) is 20.2 Å². The first-order valence-electron chi connectivity index (χ1n) is 6.17. The van der Waals surface area contributed by atoms with Gasteiger partial charge in [-0.2, -0.15) is 0 Å². The molecule has 0 radical (unpaired) electrons. The highest BCUT2D eigenvalue weighted by Crippen LogP contribution is 2.26. The van der Waals surface area contributed by atoms with Gasteiger partial charge in [-0.15, -0.1) is 11.8 Å². The van der Waals surface area contributed by atoms with Crippen LogP contribution >= 0.6 is 11.8 Å². The van der Waals surface area contributed by atoms with Gasteiger partial charge in [0.05, 0.1) is 0 Å². The monoisotopic (exact) mass is 268 g/mol. The summed E-state index contributed by atoms with van der Waals surface area (Å²) >= 11 is 1.82. The van der Waals surface area contributed by atoms with E-state index in [1.165, 1.54) is 16.0 Å². The van der Waals surface area contributed by atoms with Crippen LogP contribution in [-0.4, -0.2) is 11.7 Å². The van der Waals surface area contributed by atoms with Gasteiger partial charge in [-0.3, -0.25) is 0 Å². The van der Waals surface area contributed by atoms with Gasteiger partial charge in [-0.1, -0.05) is 48.2 Å². The molecule has 0 saturated heterocycles. The van der Waals surface area contributed by atoms with Gasteiger partial charge in [-0.25, -0.2) is 0 Å². The lowest BCUT2D eigenvalue weighted by atomic mass is 10.1. The van der Waals surface area contributed by atoms with Crippen LogP contribution in [0.15, 0.2) is 53.4 Å². The molecule has 0 atom stereocenters. The highest BCUT2D eigenvalue weighted by molar-refractivity contribution is 7.98. The predicted octanol–water partition coefficient (Wildman–Crippen LogP) is 3.63. The lowest BCUT2D eigenvalue weighted by Gasteiger charge is -2.07. The van der Waals surface area contributed by atoms with E-state index in [0.29, 0.717) is 0 Å². The molecule has 0 aliphatic rings. The third kappa shape index (κ3) is 3.89. The van der Waals surface area contributed by atoms with Crippen LogP contribution in [0, 0.1) is 18.8 Å². The molecule has 2 rings (SSSR count). The van der Waals surface area contributed by atoms with Gasteiger partial charge in [0, 0.05) is 16.2 Å². The average molecular weight is 268 g/mol. The van der Waals surface area contributed by atoms with E-state index in [2.05, 4.69) is 49.1 Å². The Morgan fingerprint density at radius 1 is 1.05 bits per heavy atom. The third-order valence-corrected chi connectivity index (χ3v) is 4.02. The van der Waals surface area contributed by atoms with Crippen molar-refractivity contribution in [3.63, 3.8) is 0 Å². The molecule has 0 bridgehead atoms. The number of hydrogen-bond donors (Lipinski definition) is 1. The lowest BCUT2D eigenvalue weighted by molar-refractivity contribution is 0.350. The number of rotatable bonds is 3. The number of aliphatic hydroxyl groups excluding tert-OH is 1. The van der Waals surface area contributed by atoms with Gasteiger partial charge in [0.25, 0.3) is 0 Å². The van der Waals surface area contributed by atoms with Crippen molar-refractivity contribution in [1.82, 2.24) is 0 Å². The molecule has 0 aliphatic heterocycles. The molecule has 0 aromatic heterocycles.